The van der Waals surface area contributed by atoms with Crippen molar-refractivity contribution in [2.75, 3.05) is 5.32 Å². The number of benzene rings is 2. The van der Waals surface area contributed by atoms with Crippen LogP contribution in [0, 0.1) is 13.8 Å². The number of hydrogen-bond donors (Lipinski definition) is 4. The van der Waals surface area contributed by atoms with Gasteiger partial charge in [-0.1, -0.05) is 36.4 Å². The van der Waals surface area contributed by atoms with Gasteiger partial charge in [-0.25, -0.2) is 9.97 Å². The Morgan fingerprint density at radius 2 is 1.90 bits per heavy atom. The smallest absolute Gasteiger partial charge is 0.460 e. The third-order valence-electron chi connectivity index (χ3n) is 4.96. The fourth-order valence-electron chi connectivity index (χ4n) is 3.54. The number of para-hydroxylation sites is 1. The number of rotatable bonds is 6. The maximum Gasteiger partial charge on any atom is 0.488 e. The highest BCUT2D eigenvalue weighted by Gasteiger charge is 2.20. The quantitative estimate of drug-likeness (QED) is 0.353. The number of furan rings is 1. The summed E-state index contributed by atoms with van der Waals surface area (Å²) in [5, 5.41) is 22.7. The lowest BCUT2D eigenvalue weighted by atomic mass is 9.80. The summed E-state index contributed by atoms with van der Waals surface area (Å²) in [4.78, 5) is 21.0. The average molecular weight is 416 g/mol. The van der Waals surface area contributed by atoms with Crippen molar-refractivity contribution in [2.24, 2.45) is 5.73 Å². The molecule has 0 saturated heterocycles. The zero-order valence-electron chi connectivity index (χ0n) is 17.1. The molecular formula is C22H21BN4O4. The van der Waals surface area contributed by atoms with Crippen molar-refractivity contribution in [3.05, 3.63) is 71.1 Å². The van der Waals surface area contributed by atoms with Crippen LogP contribution in [0.4, 0.5) is 5.82 Å². The molecule has 0 bridgehead atoms. The topological polar surface area (TPSA) is 134 Å². The highest BCUT2D eigenvalue weighted by Crippen LogP contribution is 2.34. The van der Waals surface area contributed by atoms with E-state index >= 15 is 0 Å². The molecule has 0 spiro atoms. The minimum atomic E-state index is -1.52. The SMILES string of the molecule is Cc1cc(NCc2cccc(B(O)O)c2)nc(-c2c(C)oc3c(C(N)=O)cccc23)n1. The number of carbonyl (C=O) groups excluding carboxylic acids is 1. The molecule has 4 aromatic rings. The van der Waals surface area contributed by atoms with Crippen molar-refractivity contribution < 1.29 is 19.3 Å². The number of carbonyl (C=O) groups is 1. The molecular weight excluding hydrogens is 395 g/mol. The van der Waals surface area contributed by atoms with Crippen LogP contribution in [-0.2, 0) is 6.54 Å². The van der Waals surface area contributed by atoms with Crippen LogP contribution in [0.25, 0.3) is 22.4 Å². The van der Waals surface area contributed by atoms with Crippen LogP contribution in [0.1, 0.15) is 27.4 Å². The molecule has 1 amide bonds. The van der Waals surface area contributed by atoms with Crippen molar-refractivity contribution in [2.45, 2.75) is 20.4 Å². The molecule has 8 nitrogen and oxygen atoms in total. The fraction of sp³-hybridized carbons (Fsp3) is 0.136. The Balaban J connectivity index is 1.69. The predicted octanol–water partition coefficient (Wildman–Crippen LogP) is 1.90. The summed E-state index contributed by atoms with van der Waals surface area (Å²) < 4.78 is 5.84. The molecule has 2 aromatic carbocycles. The average Bonchev–Trinajstić information content (AvgIpc) is 3.07. The number of nitrogens with two attached hydrogens (primary N) is 1. The van der Waals surface area contributed by atoms with Crippen LogP contribution in [-0.4, -0.2) is 33.0 Å². The van der Waals surface area contributed by atoms with E-state index in [4.69, 9.17) is 10.2 Å². The highest BCUT2D eigenvalue weighted by molar-refractivity contribution is 6.58. The van der Waals surface area contributed by atoms with Gasteiger partial charge in [0, 0.05) is 23.7 Å². The molecule has 0 radical (unpaired) electrons. The zero-order chi connectivity index (χ0) is 22.1. The molecule has 9 heteroatoms. The minimum Gasteiger partial charge on any atom is -0.460 e. The summed E-state index contributed by atoms with van der Waals surface area (Å²) in [5.41, 5.74) is 8.96. The van der Waals surface area contributed by atoms with Crippen molar-refractivity contribution in [3.8, 4) is 11.4 Å². The molecule has 2 heterocycles. The normalized spacial score (nSPS) is 11.0. The van der Waals surface area contributed by atoms with Gasteiger partial charge < -0.3 is 25.5 Å². The molecule has 31 heavy (non-hydrogen) atoms. The number of nitrogens with zero attached hydrogens (tertiary/aromatic N) is 2. The first-order valence-corrected chi connectivity index (χ1v) is 9.70. The van der Waals surface area contributed by atoms with E-state index in [-0.39, 0.29) is 0 Å². The molecule has 5 N–H and O–H groups in total. The Morgan fingerprint density at radius 3 is 2.65 bits per heavy atom. The summed E-state index contributed by atoms with van der Waals surface area (Å²) in [6.45, 7) is 4.10. The molecule has 0 aliphatic heterocycles. The van der Waals surface area contributed by atoms with Crippen molar-refractivity contribution in [1.82, 2.24) is 9.97 Å². The second-order valence-corrected chi connectivity index (χ2v) is 7.27. The van der Waals surface area contributed by atoms with E-state index in [0.29, 0.717) is 46.1 Å². The predicted molar refractivity (Wildman–Crippen MR) is 119 cm³/mol. The van der Waals surface area contributed by atoms with E-state index < -0.39 is 13.0 Å². The summed E-state index contributed by atoms with van der Waals surface area (Å²) in [6, 6.07) is 14.0. The first-order chi connectivity index (χ1) is 14.8. The number of nitrogens with one attached hydrogen (secondary N) is 1. The fourth-order valence-corrected chi connectivity index (χ4v) is 3.54. The van der Waals surface area contributed by atoms with Gasteiger partial charge in [0.25, 0.3) is 5.91 Å². The number of fused-ring (bicyclic) bond motifs is 1. The molecule has 2 aromatic heterocycles. The molecule has 0 fully saturated rings. The minimum absolute atomic E-state index is 0.309. The van der Waals surface area contributed by atoms with Crippen LogP contribution < -0.4 is 16.5 Å². The van der Waals surface area contributed by atoms with E-state index in [9.17, 15) is 14.8 Å². The van der Waals surface area contributed by atoms with E-state index in [2.05, 4.69) is 15.3 Å². The number of aromatic nitrogens is 2. The van der Waals surface area contributed by atoms with Crippen LogP contribution in [0.5, 0.6) is 0 Å². The number of primary amides is 1. The van der Waals surface area contributed by atoms with Gasteiger partial charge in [0.15, 0.2) is 5.82 Å². The summed E-state index contributed by atoms with van der Waals surface area (Å²) in [7, 11) is -1.52. The van der Waals surface area contributed by atoms with E-state index in [1.54, 1.807) is 37.3 Å². The van der Waals surface area contributed by atoms with Gasteiger partial charge >= 0.3 is 7.12 Å². The van der Waals surface area contributed by atoms with E-state index in [1.807, 2.05) is 25.1 Å². The largest absolute Gasteiger partial charge is 0.488 e. The lowest BCUT2D eigenvalue weighted by molar-refractivity contribution is 0.100. The van der Waals surface area contributed by atoms with Crippen molar-refractivity contribution >= 4 is 35.3 Å². The maximum atomic E-state index is 11.8. The number of aryl methyl sites for hydroxylation is 2. The molecule has 156 valence electrons. The Bertz CT molecular complexity index is 1290. The van der Waals surface area contributed by atoms with Crippen LogP contribution in [0.15, 0.2) is 52.9 Å². The molecule has 0 aliphatic rings. The van der Waals surface area contributed by atoms with Crippen LogP contribution in [0.2, 0.25) is 0 Å². The molecule has 0 unspecified atom stereocenters. The standard InChI is InChI=1S/C22H21BN4O4/c1-12-9-18(25-11-14-5-3-6-15(10-14)23(29)30)27-22(26-12)19-13(2)31-20-16(19)7-4-8-17(20)21(24)28/h3-10,29-30H,11H2,1-2H3,(H2,24,28)(H,25,26,27). The van der Waals surface area contributed by atoms with Gasteiger partial charge in [0.1, 0.15) is 17.2 Å². The highest BCUT2D eigenvalue weighted by atomic mass is 16.4. The summed E-state index contributed by atoms with van der Waals surface area (Å²) in [5.74, 6) is 1.11. The van der Waals surface area contributed by atoms with Gasteiger partial charge in [-0.2, -0.15) is 0 Å². The molecule has 0 saturated carbocycles. The first kappa shape index (κ1) is 20.6. The lowest BCUT2D eigenvalue weighted by Gasteiger charge is -2.10. The van der Waals surface area contributed by atoms with Gasteiger partial charge in [0.05, 0.1) is 11.1 Å². The van der Waals surface area contributed by atoms with E-state index in [0.717, 1.165) is 16.6 Å². The molecule has 0 aliphatic carbocycles. The van der Waals surface area contributed by atoms with Gasteiger partial charge in [-0.05, 0) is 30.9 Å². The monoisotopic (exact) mass is 416 g/mol. The third kappa shape index (κ3) is 4.14. The Morgan fingerprint density at radius 1 is 1.13 bits per heavy atom. The van der Waals surface area contributed by atoms with Gasteiger partial charge in [-0.3, -0.25) is 4.79 Å². The summed E-state index contributed by atoms with van der Waals surface area (Å²) >= 11 is 0. The van der Waals surface area contributed by atoms with Crippen molar-refractivity contribution in [1.29, 1.82) is 0 Å². The van der Waals surface area contributed by atoms with Gasteiger partial charge in [0.2, 0.25) is 0 Å². The third-order valence-corrected chi connectivity index (χ3v) is 4.96. The van der Waals surface area contributed by atoms with Crippen LogP contribution in [0.3, 0.4) is 0 Å². The second kappa shape index (κ2) is 8.21. The van der Waals surface area contributed by atoms with Gasteiger partial charge in [-0.15, -0.1) is 0 Å². The summed E-state index contributed by atoms with van der Waals surface area (Å²) in [6.07, 6.45) is 0. The first-order valence-electron chi connectivity index (χ1n) is 9.70. The van der Waals surface area contributed by atoms with Crippen LogP contribution >= 0.6 is 0 Å². The number of hydrogen-bond acceptors (Lipinski definition) is 7. The maximum absolute atomic E-state index is 11.8. The number of anilines is 1. The Labute approximate surface area is 178 Å². The Hall–Kier alpha value is -3.69. The molecule has 0 atom stereocenters. The van der Waals surface area contributed by atoms with Crippen molar-refractivity contribution in [3.63, 3.8) is 0 Å². The second-order valence-electron chi connectivity index (χ2n) is 7.27. The Kier molecular flexibility index (Phi) is 5.45. The number of amides is 1. The zero-order valence-corrected chi connectivity index (χ0v) is 17.1. The van der Waals surface area contributed by atoms with E-state index in [1.165, 1.54) is 0 Å². The lowest BCUT2D eigenvalue weighted by Crippen LogP contribution is -2.30. The molecule has 4 rings (SSSR count).